The monoisotopic (exact) mass is 278 g/mol. The predicted molar refractivity (Wildman–Crippen MR) is 79.6 cm³/mol. The Bertz CT molecular complexity index is 444. The van der Waals surface area contributed by atoms with Gasteiger partial charge in [-0.2, -0.15) is 0 Å². The molecule has 4 heteroatoms. The second kappa shape index (κ2) is 7.01. The van der Waals surface area contributed by atoms with Gasteiger partial charge in [0.05, 0.1) is 26.9 Å². The minimum atomic E-state index is -1.09. The van der Waals surface area contributed by atoms with E-state index in [9.17, 15) is 5.11 Å². The number of ether oxygens (including phenoxy) is 3. The molecule has 0 bridgehead atoms. The number of benzene rings is 1. The molecule has 0 spiro atoms. The molecule has 0 aliphatic rings. The number of methoxy groups -OCH3 is 3. The van der Waals surface area contributed by atoms with Gasteiger partial charge in [0, 0.05) is 0 Å². The quantitative estimate of drug-likeness (QED) is 0.742. The second-order valence-corrected chi connectivity index (χ2v) is 4.43. The molecule has 0 atom stereocenters. The molecule has 1 aromatic rings. The lowest BCUT2D eigenvalue weighted by atomic mass is 9.87. The first-order valence-corrected chi connectivity index (χ1v) is 6.31. The SMILES string of the molecule is C=CCC(O)(CC=C)c1cc(OC)c(OC)c(OC)c1. The predicted octanol–water partition coefficient (Wildman–Crippen LogP) is 3.05. The molecular formula is C16H22O4. The molecule has 20 heavy (non-hydrogen) atoms. The molecule has 0 aliphatic heterocycles. The van der Waals surface area contributed by atoms with Crippen LogP contribution in [-0.4, -0.2) is 26.4 Å². The van der Waals surface area contributed by atoms with E-state index >= 15 is 0 Å². The van der Waals surface area contributed by atoms with E-state index < -0.39 is 5.60 Å². The summed E-state index contributed by atoms with van der Waals surface area (Å²) in [6.45, 7) is 7.38. The molecule has 0 aromatic heterocycles. The highest BCUT2D eigenvalue weighted by molar-refractivity contribution is 5.55. The third-order valence-corrected chi connectivity index (χ3v) is 3.17. The molecule has 0 unspecified atom stereocenters. The van der Waals surface area contributed by atoms with E-state index in [2.05, 4.69) is 13.2 Å². The fourth-order valence-corrected chi connectivity index (χ4v) is 2.15. The molecule has 0 radical (unpaired) electrons. The van der Waals surface area contributed by atoms with E-state index in [0.29, 0.717) is 35.7 Å². The molecule has 0 saturated carbocycles. The summed E-state index contributed by atoms with van der Waals surface area (Å²) in [5, 5.41) is 10.8. The minimum absolute atomic E-state index is 0.400. The fraction of sp³-hybridized carbons (Fsp3) is 0.375. The molecule has 1 N–H and O–H groups in total. The third kappa shape index (κ3) is 3.14. The second-order valence-electron chi connectivity index (χ2n) is 4.43. The number of hydrogen-bond acceptors (Lipinski definition) is 4. The Morgan fingerprint density at radius 1 is 1.00 bits per heavy atom. The first-order chi connectivity index (χ1) is 9.56. The molecule has 0 heterocycles. The van der Waals surface area contributed by atoms with Crippen LogP contribution in [0.2, 0.25) is 0 Å². The zero-order valence-electron chi connectivity index (χ0n) is 12.3. The molecule has 4 nitrogen and oxygen atoms in total. The lowest BCUT2D eigenvalue weighted by molar-refractivity contribution is 0.0424. The van der Waals surface area contributed by atoms with Crippen molar-refractivity contribution in [3.05, 3.63) is 43.0 Å². The van der Waals surface area contributed by atoms with Crippen molar-refractivity contribution >= 4 is 0 Å². The van der Waals surface area contributed by atoms with Gasteiger partial charge in [-0.1, -0.05) is 12.2 Å². The van der Waals surface area contributed by atoms with Crippen molar-refractivity contribution in [1.82, 2.24) is 0 Å². The van der Waals surface area contributed by atoms with Crippen molar-refractivity contribution in [3.8, 4) is 17.2 Å². The number of rotatable bonds is 8. The minimum Gasteiger partial charge on any atom is -0.493 e. The van der Waals surface area contributed by atoms with Gasteiger partial charge < -0.3 is 19.3 Å². The Hall–Kier alpha value is -1.94. The molecule has 0 saturated heterocycles. The van der Waals surface area contributed by atoms with Gasteiger partial charge in [0.15, 0.2) is 11.5 Å². The molecule has 1 rings (SSSR count). The van der Waals surface area contributed by atoms with Crippen LogP contribution in [0.15, 0.2) is 37.4 Å². The topological polar surface area (TPSA) is 47.9 Å². The summed E-state index contributed by atoms with van der Waals surface area (Å²) >= 11 is 0. The zero-order chi connectivity index (χ0) is 15.2. The normalized spacial score (nSPS) is 10.8. The molecular weight excluding hydrogens is 256 g/mol. The van der Waals surface area contributed by atoms with Crippen molar-refractivity contribution < 1.29 is 19.3 Å². The van der Waals surface area contributed by atoms with Gasteiger partial charge in [-0.15, -0.1) is 13.2 Å². The van der Waals surface area contributed by atoms with Crippen molar-refractivity contribution in [1.29, 1.82) is 0 Å². The average Bonchev–Trinajstić information content (AvgIpc) is 2.46. The van der Waals surface area contributed by atoms with E-state index in [1.807, 2.05) is 0 Å². The van der Waals surface area contributed by atoms with E-state index in [1.54, 1.807) is 45.6 Å². The standard InChI is InChI=1S/C16H22O4/c1-6-8-16(17,9-7-2)12-10-13(18-3)15(20-5)14(11-12)19-4/h6-7,10-11,17H,1-2,8-9H2,3-5H3. The summed E-state index contributed by atoms with van der Waals surface area (Å²) in [6.07, 6.45) is 4.15. The van der Waals surface area contributed by atoms with Gasteiger partial charge in [-0.25, -0.2) is 0 Å². The van der Waals surface area contributed by atoms with Crippen LogP contribution in [0.5, 0.6) is 17.2 Å². The van der Waals surface area contributed by atoms with Gasteiger partial charge in [0.25, 0.3) is 0 Å². The lowest BCUT2D eigenvalue weighted by Crippen LogP contribution is -2.24. The van der Waals surface area contributed by atoms with Crippen LogP contribution in [-0.2, 0) is 5.60 Å². The van der Waals surface area contributed by atoms with E-state index in [1.165, 1.54) is 0 Å². The van der Waals surface area contributed by atoms with Crippen LogP contribution in [0, 0.1) is 0 Å². The average molecular weight is 278 g/mol. The Morgan fingerprint density at radius 3 is 1.75 bits per heavy atom. The summed E-state index contributed by atoms with van der Waals surface area (Å²) in [6, 6.07) is 3.49. The maximum absolute atomic E-state index is 10.8. The van der Waals surface area contributed by atoms with E-state index in [-0.39, 0.29) is 0 Å². The van der Waals surface area contributed by atoms with Crippen LogP contribution in [0.3, 0.4) is 0 Å². The summed E-state index contributed by atoms with van der Waals surface area (Å²) in [4.78, 5) is 0. The fourth-order valence-electron chi connectivity index (χ4n) is 2.15. The largest absolute Gasteiger partial charge is 0.493 e. The first-order valence-electron chi connectivity index (χ1n) is 6.31. The molecule has 0 aliphatic carbocycles. The van der Waals surface area contributed by atoms with E-state index in [0.717, 1.165) is 0 Å². The van der Waals surface area contributed by atoms with Crippen LogP contribution in [0.25, 0.3) is 0 Å². The molecule has 1 aromatic carbocycles. The van der Waals surface area contributed by atoms with Crippen molar-refractivity contribution in [3.63, 3.8) is 0 Å². The van der Waals surface area contributed by atoms with Crippen molar-refractivity contribution in [2.24, 2.45) is 0 Å². The van der Waals surface area contributed by atoms with Gasteiger partial charge in [-0.3, -0.25) is 0 Å². The summed E-state index contributed by atoms with van der Waals surface area (Å²) in [5.41, 5.74) is -0.414. The smallest absolute Gasteiger partial charge is 0.203 e. The van der Waals surface area contributed by atoms with Gasteiger partial charge >= 0.3 is 0 Å². The van der Waals surface area contributed by atoms with Crippen LogP contribution in [0.4, 0.5) is 0 Å². The Balaban J connectivity index is 3.42. The highest BCUT2D eigenvalue weighted by atomic mass is 16.5. The molecule has 0 fully saturated rings. The lowest BCUT2D eigenvalue weighted by Gasteiger charge is -2.27. The maximum Gasteiger partial charge on any atom is 0.203 e. The van der Waals surface area contributed by atoms with Crippen molar-refractivity contribution in [2.45, 2.75) is 18.4 Å². The summed E-state index contributed by atoms with van der Waals surface area (Å²) < 4.78 is 15.9. The highest BCUT2D eigenvalue weighted by Gasteiger charge is 2.29. The zero-order valence-corrected chi connectivity index (χ0v) is 12.3. The van der Waals surface area contributed by atoms with Crippen LogP contribution < -0.4 is 14.2 Å². The van der Waals surface area contributed by atoms with Crippen LogP contribution in [0.1, 0.15) is 18.4 Å². The maximum atomic E-state index is 10.8. The summed E-state index contributed by atoms with van der Waals surface area (Å²) in [7, 11) is 4.63. The Kier molecular flexibility index (Phi) is 5.65. The van der Waals surface area contributed by atoms with Crippen molar-refractivity contribution in [2.75, 3.05) is 21.3 Å². The number of hydrogen-bond donors (Lipinski definition) is 1. The van der Waals surface area contributed by atoms with Crippen LogP contribution >= 0.6 is 0 Å². The first kappa shape index (κ1) is 16.1. The highest BCUT2D eigenvalue weighted by Crippen LogP contribution is 2.42. The van der Waals surface area contributed by atoms with Gasteiger partial charge in [0.2, 0.25) is 5.75 Å². The molecule has 0 amide bonds. The van der Waals surface area contributed by atoms with Gasteiger partial charge in [-0.05, 0) is 30.5 Å². The molecule has 110 valence electrons. The summed E-state index contributed by atoms with van der Waals surface area (Å²) in [5.74, 6) is 1.51. The Labute approximate surface area is 120 Å². The third-order valence-electron chi connectivity index (χ3n) is 3.17. The Morgan fingerprint density at radius 2 is 1.45 bits per heavy atom. The van der Waals surface area contributed by atoms with Gasteiger partial charge in [0.1, 0.15) is 0 Å². The van der Waals surface area contributed by atoms with E-state index in [4.69, 9.17) is 14.2 Å². The number of aliphatic hydroxyl groups is 1.